The van der Waals surface area contributed by atoms with Crippen LogP contribution in [0.3, 0.4) is 0 Å². The van der Waals surface area contributed by atoms with E-state index in [2.05, 4.69) is 53.6 Å². The fourth-order valence-electron chi connectivity index (χ4n) is 2.03. The lowest BCUT2D eigenvalue weighted by molar-refractivity contribution is 1.07. The van der Waals surface area contributed by atoms with Crippen molar-refractivity contribution in [2.45, 2.75) is 0 Å². The molecule has 21 heavy (non-hydrogen) atoms. The quantitative estimate of drug-likeness (QED) is 0.495. The highest BCUT2D eigenvalue weighted by atomic mass is 79.9. The van der Waals surface area contributed by atoms with Gasteiger partial charge in [0.15, 0.2) is 0 Å². The van der Waals surface area contributed by atoms with Crippen molar-refractivity contribution in [2.24, 2.45) is 4.99 Å². The van der Waals surface area contributed by atoms with Crippen LogP contribution in [0.5, 0.6) is 0 Å². The molecule has 0 spiro atoms. The summed E-state index contributed by atoms with van der Waals surface area (Å²) >= 11 is 6.91. The molecule has 3 aromatic rings. The van der Waals surface area contributed by atoms with E-state index < -0.39 is 0 Å². The number of hydrogen-bond acceptors (Lipinski definition) is 1. The summed E-state index contributed by atoms with van der Waals surface area (Å²) < 4.78 is 4.21. The molecule has 1 aromatic heterocycles. The van der Waals surface area contributed by atoms with Gasteiger partial charge in [-0.25, -0.2) is 0 Å². The molecule has 0 aliphatic heterocycles. The van der Waals surface area contributed by atoms with Crippen molar-refractivity contribution in [3.05, 3.63) is 81.5 Å². The molecule has 0 bridgehead atoms. The number of nitrogens with zero attached hydrogens (tertiary/aromatic N) is 2. The topological polar surface area (TPSA) is 17.3 Å². The Bertz CT molecular complexity index is 773. The lowest BCUT2D eigenvalue weighted by atomic mass is 10.3. The first kappa shape index (κ1) is 14.3. The van der Waals surface area contributed by atoms with E-state index >= 15 is 0 Å². The van der Waals surface area contributed by atoms with Crippen LogP contribution >= 0.6 is 31.9 Å². The number of rotatable bonds is 3. The molecule has 2 nitrogen and oxygen atoms in total. The van der Waals surface area contributed by atoms with Crippen LogP contribution in [0.4, 0.5) is 5.69 Å². The Balaban J connectivity index is 1.91. The minimum Gasteiger partial charge on any atom is -0.316 e. The number of aliphatic imine (C=N–C) groups is 1. The summed E-state index contributed by atoms with van der Waals surface area (Å²) in [6.45, 7) is 0. The van der Waals surface area contributed by atoms with E-state index in [4.69, 9.17) is 0 Å². The van der Waals surface area contributed by atoms with Crippen molar-refractivity contribution in [2.75, 3.05) is 0 Å². The average molecular weight is 404 g/mol. The number of halogens is 2. The Labute approximate surface area is 140 Å². The van der Waals surface area contributed by atoms with E-state index in [9.17, 15) is 0 Å². The van der Waals surface area contributed by atoms with Gasteiger partial charge in [-0.1, -0.05) is 37.9 Å². The van der Waals surface area contributed by atoms with Crippen LogP contribution < -0.4 is 0 Å². The summed E-state index contributed by atoms with van der Waals surface area (Å²) in [4.78, 5) is 4.53. The molecule has 0 fully saturated rings. The highest BCUT2D eigenvalue weighted by Crippen LogP contribution is 2.19. The first-order valence-corrected chi connectivity index (χ1v) is 8.04. The molecule has 0 amide bonds. The van der Waals surface area contributed by atoms with Gasteiger partial charge in [-0.3, -0.25) is 4.99 Å². The third-order valence-electron chi connectivity index (χ3n) is 3.04. The van der Waals surface area contributed by atoms with Crippen molar-refractivity contribution in [1.29, 1.82) is 0 Å². The smallest absolute Gasteiger partial charge is 0.0641 e. The Morgan fingerprint density at radius 3 is 2.43 bits per heavy atom. The number of hydrogen-bond donors (Lipinski definition) is 0. The minimum absolute atomic E-state index is 0.924. The molecule has 1 heterocycles. The maximum absolute atomic E-state index is 4.53. The standard InChI is InChI=1S/C17H12Br2N2/c18-13-6-8-16(9-7-13)21-10-2-5-17(21)12-20-15-4-1-3-14(19)11-15/h1-12H. The zero-order valence-corrected chi connectivity index (χ0v) is 14.3. The van der Waals surface area contributed by atoms with E-state index in [0.717, 1.165) is 26.0 Å². The molecule has 2 aromatic carbocycles. The molecule has 0 atom stereocenters. The largest absolute Gasteiger partial charge is 0.316 e. The molecule has 0 saturated heterocycles. The lowest BCUT2D eigenvalue weighted by Gasteiger charge is -2.06. The molecule has 0 N–H and O–H groups in total. The van der Waals surface area contributed by atoms with Gasteiger partial charge >= 0.3 is 0 Å². The van der Waals surface area contributed by atoms with Crippen molar-refractivity contribution in [1.82, 2.24) is 4.57 Å². The summed E-state index contributed by atoms with van der Waals surface area (Å²) in [5.74, 6) is 0. The van der Waals surface area contributed by atoms with Gasteiger partial charge in [0.25, 0.3) is 0 Å². The van der Waals surface area contributed by atoms with Crippen LogP contribution in [-0.4, -0.2) is 10.8 Å². The summed E-state index contributed by atoms with van der Waals surface area (Å²) in [5.41, 5.74) is 3.07. The van der Waals surface area contributed by atoms with E-state index in [1.165, 1.54) is 0 Å². The Morgan fingerprint density at radius 1 is 0.857 bits per heavy atom. The van der Waals surface area contributed by atoms with Crippen LogP contribution in [0, 0.1) is 0 Å². The van der Waals surface area contributed by atoms with E-state index in [0.29, 0.717) is 0 Å². The SMILES string of the molecule is Brc1ccc(-n2cccc2C=Nc2cccc(Br)c2)cc1. The zero-order valence-electron chi connectivity index (χ0n) is 11.1. The first-order chi connectivity index (χ1) is 10.2. The van der Waals surface area contributed by atoms with Crippen molar-refractivity contribution in [3.63, 3.8) is 0 Å². The predicted molar refractivity (Wildman–Crippen MR) is 94.9 cm³/mol. The second kappa shape index (κ2) is 6.41. The number of aromatic nitrogens is 1. The zero-order chi connectivity index (χ0) is 14.7. The molecule has 0 radical (unpaired) electrons. The maximum atomic E-state index is 4.53. The van der Waals surface area contributed by atoms with Crippen LogP contribution in [0.1, 0.15) is 5.69 Å². The van der Waals surface area contributed by atoms with E-state index in [1.807, 2.05) is 60.9 Å². The molecule has 0 saturated carbocycles. The third-order valence-corrected chi connectivity index (χ3v) is 4.06. The average Bonchev–Trinajstić information content (AvgIpc) is 2.94. The van der Waals surface area contributed by atoms with Crippen LogP contribution in [0.25, 0.3) is 5.69 Å². The Kier molecular flexibility index (Phi) is 4.36. The summed E-state index contributed by atoms with van der Waals surface area (Å²) in [6.07, 6.45) is 3.91. The van der Waals surface area contributed by atoms with Gasteiger partial charge in [0.1, 0.15) is 0 Å². The van der Waals surface area contributed by atoms with Gasteiger partial charge in [-0.05, 0) is 54.6 Å². The fraction of sp³-hybridized carbons (Fsp3) is 0. The van der Waals surface area contributed by atoms with Gasteiger partial charge in [0.2, 0.25) is 0 Å². The third kappa shape index (κ3) is 3.52. The summed E-state index contributed by atoms with van der Waals surface area (Å²) in [6, 6.07) is 20.2. The molecule has 0 unspecified atom stereocenters. The van der Waals surface area contributed by atoms with E-state index in [1.54, 1.807) is 0 Å². The fourth-order valence-corrected chi connectivity index (χ4v) is 2.68. The van der Waals surface area contributed by atoms with Crippen molar-refractivity contribution >= 4 is 43.8 Å². The van der Waals surface area contributed by atoms with Gasteiger partial charge in [-0.15, -0.1) is 0 Å². The van der Waals surface area contributed by atoms with Crippen LogP contribution in [-0.2, 0) is 0 Å². The molecule has 0 aliphatic rings. The normalized spacial score (nSPS) is 11.1. The van der Waals surface area contributed by atoms with Crippen LogP contribution in [0.2, 0.25) is 0 Å². The molecular formula is C17H12Br2N2. The van der Waals surface area contributed by atoms with Crippen LogP contribution in [0.15, 0.2) is 80.8 Å². The highest BCUT2D eigenvalue weighted by molar-refractivity contribution is 9.10. The second-order valence-electron chi connectivity index (χ2n) is 4.52. The molecule has 3 rings (SSSR count). The molecule has 104 valence electrons. The van der Waals surface area contributed by atoms with Gasteiger partial charge in [0, 0.05) is 20.8 Å². The van der Waals surface area contributed by atoms with Gasteiger partial charge in [0.05, 0.1) is 17.6 Å². The van der Waals surface area contributed by atoms with Crippen molar-refractivity contribution < 1.29 is 0 Å². The molecular weight excluding hydrogens is 392 g/mol. The Hall–Kier alpha value is -1.65. The summed E-state index contributed by atoms with van der Waals surface area (Å²) in [7, 11) is 0. The van der Waals surface area contributed by atoms with Crippen molar-refractivity contribution in [3.8, 4) is 5.69 Å². The minimum atomic E-state index is 0.924. The predicted octanol–water partition coefficient (Wildman–Crippen LogP) is 5.75. The lowest BCUT2D eigenvalue weighted by Crippen LogP contribution is -1.97. The molecule has 0 aliphatic carbocycles. The Morgan fingerprint density at radius 2 is 1.67 bits per heavy atom. The molecule has 4 heteroatoms. The summed E-state index contributed by atoms with van der Waals surface area (Å²) in [5, 5.41) is 0. The number of benzene rings is 2. The van der Waals surface area contributed by atoms with Gasteiger partial charge in [-0.2, -0.15) is 0 Å². The second-order valence-corrected chi connectivity index (χ2v) is 6.35. The van der Waals surface area contributed by atoms with Gasteiger partial charge < -0.3 is 4.57 Å². The monoisotopic (exact) mass is 402 g/mol. The maximum Gasteiger partial charge on any atom is 0.0641 e. The van der Waals surface area contributed by atoms with E-state index in [-0.39, 0.29) is 0 Å². The highest BCUT2D eigenvalue weighted by Gasteiger charge is 2.01. The first-order valence-electron chi connectivity index (χ1n) is 6.45.